The zero-order valence-corrected chi connectivity index (χ0v) is 12.0. The van der Waals surface area contributed by atoms with E-state index in [0.717, 1.165) is 24.2 Å². The van der Waals surface area contributed by atoms with Gasteiger partial charge in [0.05, 0.1) is 13.2 Å². The molecule has 1 aromatic rings. The van der Waals surface area contributed by atoms with E-state index in [2.05, 4.69) is 0 Å². The molecule has 0 aliphatic heterocycles. The molecule has 0 atom stereocenters. The van der Waals surface area contributed by atoms with Crippen molar-refractivity contribution in [1.29, 1.82) is 0 Å². The summed E-state index contributed by atoms with van der Waals surface area (Å²) in [6.45, 7) is 0.484. The summed E-state index contributed by atoms with van der Waals surface area (Å²) >= 11 is 6.10. The van der Waals surface area contributed by atoms with Crippen LogP contribution >= 0.6 is 11.6 Å². The van der Waals surface area contributed by atoms with Crippen molar-refractivity contribution in [3.63, 3.8) is 0 Å². The average molecular weight is 282 g/mol. The second kappa shape index (κ2) is 6.83. The van der Waals surface area contributed by atoms with E-state index in [-0.39, 0.29) is 6.10 Å². The molecular weight excluding hydrogens is 262 g/mol. The maximum atomic E-state index is 6.10. The van der Waals surface area contributed by atoms with Gasteiger partial charge >= 0.3 is 0 Å². The predicted molar refractivity (Wildman–Crippen MR) is 79.0 cm³/mol. The SMILES string of the molecule is COc1cc(Cl)cc(/C=C/CN)c1OC1CCCC1. The Morgan fingerprint density at radius 3 is 2.74 bits per heavy atom. The molecule has 3 nitrogen and oxygen atoms in total. The molecule has 0 unspecified atom stereocenters. The summed E-state index contributed by atoms with van der Waals surface area (Å²) in [5.74, 6) is 1.44. The molecule has 2 rings (SSSR count). The maximum Gasteiger partial charge on any atom is 0.168 e. The molecule has 0 spiro atoms. The van der Waals surface area contributed by atoms with Gasteiger partial charge in [-0.05, 0) is 31.7 Å². The third-order valence-electron chi connectivity index (χ3n) is 3.29. The van der Waals surface area contributed by atoms with Gasteiger partial charge < -0.3 is 15.2 Å². The van der Waals surface area contributed by atoms with Gasteiger partial charge in [0.25, 0.3) is 0 Å². The van der Waals surface area contributed by atoms with Crippen LogP contribution in [0.3, 0.4) is 0 Å². The van der Waals surface area contributed by atoms with Crippen molar-refractivity contribution >= 4 is 17.7 Å². The molecular formula is C15H20ClNO2. The monoisotopic (exact) mass is 281 g/mol. The second-order valence-electron chi connectivity index (χ2n) is 4.69. The summed E-state index contributed by atoms with van der Waals surface area (Å²) in [5.41, 5.74) is 6.43. The minimum atomic E-state index is 0.278. The molecule has 1 aromatic carbocycles. The average Bonchev–Trinajstić information content (AvgIpc) is 2.91. The Morgan fingerprint density at radius 1 is 1.37 bits per heavy atom. The molecule has 0 saturated heterocycles. The summed E-state index contributed by atoms with van der Waals surface area (Å²) in [6.07, 6.45) is 8.76. The summed E-state index contributed by atoms with van der Waals surface area (Å²) in [5, 5.41) is 0.632. The molecule has 0 radical (unpaired) electrons. The first-order valence-electron chi connectivity index (χ1n) is 6.65. The van der Waals surface area contributed by atoms with E-state index in [1.54, 1.807) is 13.2 Å². The summed E-state index contributed by atoms with van der Waals surface area (Å²) < 4.78 is 11.5. The first-order valence-corrected chi connectivity index (χ1v) is 7.03. The number of halogens is 1. The second-order valence-corrected chi connectivity index (χ2v) is 5.13. The Kier molecular flexibility index (Phi) is 5.11. The van der Waals surface area contributed by atoms with Gasteiger partial charge in [-0.25, -0.2) is 0 Å². The molecule has 1 fully saturated rings. The minimum absolute atomic E-state index is 0.278. The van der Waals surface area contributed by atoms with Gasteiger partial charge in [-0.3, -0.25) is 0 Å². The Labute approximate surface area is 119 Å². The Bertz CT molecular complexity index is 454. The van der Waals surface area contributed by atoms with Crippen LogP contribution < -0.4 is 15.2 Å². The van der Waals surface area contributed by atoms with Crippen LogP contribution in [0.5, 0.6) is 11.5 Å². The van der Waals surface area contributed by atoms with E-state index in [1.807, 2.05) is 18.2 Å². The van der Waals surface area contributed by atoms with Crippen molar-refractivity contribution in [1.82, 2.24) is 0 Å². The highest BCUT2D eigenvalue weighted by Gasteiger charge is 2.20. The van der Waals surface area contributed by atoms with Crippen LogP contribution in [0.15, 0.2) is 18.2 Å². The highest BCUT2D eigenvalue weighted by molar-refractivity contribution is 6.31. The lowest BCUT2D eigenvalue weighted by atomic mass is 10.1. The zero-order valence-electron chi connectivity index (χ0n) is 11.2. The number of hydrogen-bond donors (Lipinski definition) is 1. The molecule has 1 aliphatic rings. The van der Waals surface area contributed by atoms with E-state index in [9.17, 15) is 0 Å². The predicted octanol–water partition coefficient (Wildman–Crippen LogP) is 3.64. The molecule has 0 heterocycles. The number of hydrogen-bond acceptors (Lipinski definition) is 3. The molecule has 0 bridgehead atoms. The lowest BCUT2D eigenvalue weighted by molar-refractivity contribution is 0.200. The maximum absolute atomic E-state index is 6.10. The van der Waals surface area contributed by atoms with Gasteiger partial charge in [-0.2, -0.15) is 0 Å². The summed E-state index contributed by atoms with van der Waals surface area (Å²) in [7, 11) is 1.63. The van der Waals surface area contributed by atoms with E-state index >= 15 is 0 Å². The lowest BCUT2D eigenvalue weighted by Crippen LogP contribution is -2.12. The zero-order chi connectivity index (χ0) is 13.7. The van der Waals surface area contributed by atoms with Crippen LogP contribution in [0.25, 0.3) is 6.08 Å². The van der Waals surface area contributed by atoms with Crippen molar-refractivity contribution in [2.45, 2.75) is 31.8 Å². The number of nitrogens with two attached hydrogens (primary N) is 1. The molecule has 19 heavy (non-hydrogen) atoms. The molecule has 1 saturated carbocycles. The van der Waals surface area contributed by atoms with Crippen LogP contribution in [-0.2, 0) is 0 Å². The van der Waals surface area contributed by atoms with Crippen molar-refractivity contribution in [3.8, 4) is 11.5 Å². The van der Waals surface area contributed by atoms with Crippen molar-refractivity contribution in [2.75, 3.05) is 13.7 Å². The van der Waals surface area contributed by atoms with E-state index < -0.39 is 0 Å². The standard InChI is InChI=1S/C15H20ClNO2/c1-18-14-10-12(16)9-11(5-4-8-17)15(14)19-13-6-2-3-7-13/h4-5,9-10,13H,2-3,6-8,17H2,1H3/b5-4+. The van der Waals surface area contributed by atoms with Gasteiger partial charge in [-0.1, -0.05) is 23.8 Å². The third-order valence-corrected chi connectivity index (χ3v) is 3.51. The largest absolute Gasteiger partial charge is 0.493 e. The number of benzene rings is 1. The van der Waals surface area contributed by atoms with Crippen LogP contribution in [0.2, 0.25) is 5.02 Å². The van der Waals surface area contributed by atoms with Crippen molar-refractivity contribution < 1.29 is 9.47 Å². The molecule has 1 aliphatic carbocycles. The fourth-order valence-electron chi connectivity index (χ4n) is 2.36. The number of methoxy groups -OCH3 is 1. The van der Waals surface area contributed by atoms with E-state index in [0.29, 0.717) is 17.3 Å². The highest BCUT2D eigenvalue weighted by Crippen LogP contribution is 2.38. The molecule has 104 valence electrons. The van der Waals surface area contributed by atoms with Crippen LogP contribution in [-0.4, -0.2) is 19.8 Å². The van der Waals surface area contributed by atoms with Crippen LogP contribution in [0, 0.1) is 0 Å². The fourth-order valence-corrected chi connectivity index (χ4v) is 2.57. The van der Waals surface area contributed by atoms with Crippen molar-refractivity contribution in [2.24, 2.45) is 5.73 Å². The number of rotatable bonds is 5. The van der Waals surface area contributed by atoms with E-state index in [1.165, 1.54) is 12.8 Å². The first-order chi connectivity index (χ1) is 9.24. The van der Waals surface area contributed by atoms with Gasteiger partial charge in [0.15, 0.2) is 11.5 Å². The van der Waals surface area contributed by atoms with Gasteiger partial charge in [0.1, 0.15) is 0 Å². The summed E-state index contributed by atoms with van der Waals surface area (Å²) in [4.78, 5) is 0. The van der Waals surface area contributed by atoms with Crippen LogP contribution in [0.4, 0.5) is 0 Å². The summed E-state index contributed by atoms with van der Waals surface area (Å²) in [6, 6.07) is 3.66. The normalized spacial score (nSPS) is 16.2. The molecule has 0 aromatic heterocycles. The van der Waals surface area contributed by atoms with Crippen molar-refractivity contribution in [3.05, 3.63) is 28.8 Å². The Morgan fingerprint density at radius 2 is 2.11 bits per heavy atom. The minimum Gasteiger partial charge on any atom is -0.493 e. The molecule has 4 heteroatoms. The smallest absolute Gasteiger partial charge is 0.168 e. The topological polar surface area (TPSA) is 44.5 Å². The molecule has 0 amide bonds. The third kappa shape index (κ3) is 3.64. The quantitative estimate of drug-likeness (QED) is 0.896. The Balaban J connectivity index is 2.32. The number of ether oxygens (including phenoxy) is 2. The first kappa shape index (κ1) is 14.2. The fraction of sp³-hybridized carbons (Fsp3) is 0.467. The Hall–Kier alpha value is -1.19. The van der Waals surface area contributed by atoms with Gasteiger partial charge in [-0.15, -0.1) is 0 Å². The lowest BCUT2D eigenvalue weighted by Gasteiger charge is -2.18. The highest BCUT2D eigenvalue weighted by atomic mass is 35.5. The molecule has 2 N–H and O–H groups in total. The van der Waals surface area contributed by atoms with Gasteiger partial charge in [0, 0.05) is 23.2 Å². The van der Waals surface area contributed by atoms with Crippen LogP contribution in [0.1, 0.15) is 31.2 Å². The van der Waals surface area contributed by atoms with Gasteiger partial charge in [0.2, 0.25) is 0 Å². The van der Waals surface area contributed by atoms with E-state index in [4.69, 9.17) is 26.8 Å².